The van der Waals surface area contributed by atoms with Crippen LogP contribution in [-0.2, 0) is 11.2 Å². The zero-order chi connectivity index (χ0) is 20.2. The van der Waals surface area contributed by atoms with Gasteiger partial charge in [-0.05, 0) is 42.3 Å². The van der Waals surface area contributed by atoms with Crippen LogP contribution in [0.25, 0.3) is 0 Å². The van der Waals surface area contributed by atoms with Crippen LogP contribution in [0.1, 0.15) is 39.5 Å². The fourth-order valence-electron chi connectivity index (χ4n) is 3.57. The van der Waals surface area contributed by atoms with Gasteiger partial charge in [0.05, 0.1) is 25.5 Å². The van der Waals surface area contributed by atoms with Crippen LogP contribution in [0.2, 0.25) is 0 Å². The number of ether oxygens (including phenoxy) is 1. The third-order valence-corrected chi connectivity index (χ3v) is 6.76. The van der Waals surface area contributed by atoms with Crippen LogP contribution in [0.4, 0.5) is 5.00 Å². The summed E-state index contributed by atoms with van der Waals surface area (Å²) in [5, 5.41) is 3.96. The Labute approximate surface area is 182 Å². The first kappa shape index (κ1) is 20.3. The van der Waals surface area contributed by atoms with Crippen LogP contribution in [0.5, 0.6) is 0 Å². The Morgan fingerprint density at radius 1 is 1.24 bits per heavy atom. The Bertz CT molecular complexity index is 947. The standard InChI is InChI=1S/C22H23BrN2O3S/c1-2-17-14-18(22(29-17)24-21(26)19-4-3-11-28-19)20(25-9-12-27-13-10-25)15-5-7-16(23)8-6-15/h3-8,11,14,20H,2,9-10,12-13H2,1H3,(H,24,26)/t20-/m1/s1. The Morgan fingerprint density at radius 2 is 2.00 bits per heavy atom. The Balaban J connectivity index is 1.73. The van der Waals surface area contributed by atoms with Crippen molar-refractivity contribution in [1.29, 1.82) is 0 Å². The van der Waals surface area contributed by atoms with Gasteiger partial charge in [-0.1, -0.05) is 35.0 Å². The average molecular weight is 475 g/mol. The minimum Gasteiger partial charge on any atom is -0.459 e. The quantitative estimate of drug-likeness (QED) is 0.523. The van der Waals surface area contributed by atoms with Crippen molar-refractivity contribution in [1.82, 2.24) is 4.90 Å². The summed E-state index contributed by atoms with van der Waals surface area (Å²) in [4.78, 5) is 16.3. The molecule has 29 heavy (non-hydrogen) atoms. The lowest BCUT2D eigenvalue weighted by molar-refractivity contribution is 0.0241. The largest absolute Gasteiger partial charge is 0.459 e. The van der Waals surface area contributed by atoms with Crippen molar-refractivity contribution in [2.75, 3.05) is 31.6 Å². The van der Waals surface area contributed by atoms with Gasteiger partial charge in [-0.25, -0.2) is 0 Å². The topological polar surface area (TPSA) is 54.7 Å². The molecule has 1 atom stereocenters. The predicted octanol–water partition coefficient (Wildman–Crippen LogP) is 5.34. The number of benzene rings is 1. The molecule has 152 valence electrons. The molecule has 1 saturated heterocycles. The predicted molar refractivity (Wildman–Crippen MR) is 119 cm³/mol. The first-order valence-electron chi connectivity index (χ1n) is 9.70. The van der Waals surface area contributed by atoms with Gasteiger partial charge < -0.3 is 14.5 Å². The van der Waals surface area contributed by atoms with Crippen molar-refractivity contribution in [2.45, 2.75) is 19.4 Å². The number of morpholine rings is 1. The highest BCUT2D eigenvalue weighted by Crippen LogP contribution is 2.40. The molecular formula is C22H23BrN2O3S. The maximum Gasteiger partial charge on any atom is 0.291 e. The van der Waals surface area contributed by atoms with E-state index in [0.29, 0.717) is 19.0 Å². The van der Waals surface area contributed by atoms with Crippen molar-refractivity contribution in [3.05, 3.63) is 75.0 Å². The van der Waals surface area contributed by atoms with Crippen molar-refractivity contribution < 1.29 is 13.9 Å². The fraction of sp³-hybridized carbons (Fsp3) is 0.318. The van der Waals surface area contributed by atoms with Gasteiger partial charge in [-0.3, -0.25) is 9.69 Å². The molecule has 5 nitrogen and oxygen atoms in total. The molecule has 1 amide bonds. The van der Waals surface area contributed by atoms with E-state index in [1.54, 1.807) is 23.5 Å². The molecule has 1 fully saturated rings. The highest BCUT2D eigenvalue weighted by atomic mass is 79.9. The van der Waals surface area contributed by atoms with Gasteiger partial charge in [0.2, 0.25) is 0 Å². The van der Waals surface area contributed by atoms with Crippen LogP contribution in [-0.4, -0.2) is 37.1 Å². The van der Waals surface area contributed by atoms with Gasteiger partial charge in [0.25, 0.3) is 5.91 Å². The van der Waals surface area contributed by atoms with E-state index in [2.05, 4.69) is 63.4 Å². The number of rotatable bonds is 6. The van der Waals surface area contributed by atoms with Crippen LogP contribution >= 0.6 is 27.3 Å². The number of anilines is 1. The van der Waals surface area contributed by atoms with Gasteiger partial charge >= 0.3 is 0 Å². The summed E-state index contributed by atoms with van der Waals surface area (Å²) in [5.74, 6) is 0.0891. The van der Waals surface area contributed by atoms with E-state index in [-0.39, 0.29) is 11.9 Å². The molecule has 1 aliphatic heterocycles. The molecule has 7 heteroatoms. The molecule has 0 bridgehead atoms. The number of aryl methyl sites for hydroxylation is 1. The van der Waals surface area contributed by atoms with Crippen LogP contribution in [0.3, 0.4) is 0 Å². The fourth-order valence-corrected chi connectivity index (χ4v) is 4.86. The van der Waals surface area contributed by atoms with Crippen molar-refractivity contribution in [3.63, 3.8) is 0 Å². The Kier molecular flexibility index (Phi) is 6.50. The van der Waals surface area contributed by atoms with Gasteiger partial charge in [-0.15, -0.1) is 11.3 Å². The van der Waals surface area contributed by atoms with Crippen LogP contribution in [0, 0.1) is 0 Å². The van der Waals surface area contributed by atoms with Crippen molar-refractivity contribution >= 4 is 38.2 Å². The molecule has 0 spiro atoms. The molecule has 3 heterocycles. The maximum atomic E-state index is 12.7. The average Bonchev–Trinajstić information content (AvgIpc) is 3.41. The third kappa shape index (κ3) is 4.64. The molecule has 0 radical (unpaired) electrons. The number of halogens is 1. The third-order valence-electron chi connectivity index (χ3n) is 5.02. The summed E-state index contributed by atoms with van der Waals surface area (Å²) >= 11 is 5.17. The lowest BCUT2D eigenvalue weighted by Gasteiger charge is -2.35. The van der Waals surface area contributed by atoms with Gasteiger partial charge in [-0.2, -0.15) is 0 Å². The van der Waals surface area contributed by atoms with Gasteiger partial charge in [0.15, 0.2) is 5.76 Å². The second-order valence-corrected chi connectivity index (χ2v) is 8.94. The number of nitrogens with one attached hydrogen (secondary N) is 1. The van der Waals surface area contributed by atoms with E-state index >= 15 is 0 Å². The van der Waals surface area contributed by atoms with E-state index in [0.717, 1.165) is 34.5 Å². The van der Waals surface area contributed by atoms with E-state index in [1.807, 2.05) is 0 Å². The van der Waals surface area contributed by atoms with E-state index in [1.165, 1.54) is 16.7 Å². The number of carbonyl (C=O) groups excluding carboxylic acids is 1. The zero-order valence-corrected chi connectivity index (χ0v) is 18.6. The second-order valence-electron chi connectivity index (χ2n) is 6.88. The minimum absolute atomic E-state index is 0.0513. The highest BCUT2D eigenvalue weighted by molar-refractivity contribution is 9.10. The maximum absolute atomic E-state index is 12.7. The van der Waals surface area contributed by atoms with Crippen LogP contribution in [0.15, 0.2) is 57.6 Å². The molecule has 0 unspecified atom stereocenters. The number of nitrogens with zero attached hydrogens (tertiary/aromatic N) is 1. The summed E-state index contributed by atoms with van der Waals surface area (Å²) in [6.45, 7) is 5.27. The number of carbonyl (C=O) groups is 1. The molecule has 1 aromatic carbocycles. The number of amides is 1. The smallest absolute Gasteiger partial charge is 0.291 e. The van der Waals surface area contributed by atoms with Crippen molar-refractivity contribution in [3.8, 4) is 0 Å². The SMILES string of the molecule is CCc1cc([C@@H](c2ccc(Br)cc2)N2CCOCC2)c(NC(=O)c2ccco2)s1. The summed E-state index contributed by atoms with van der Waals surface area (Å²) in [7, 11) is 0. The molecule has 3 aromatic rings. The van der Waals surface area contributed by atoms with Gasteiger partial charge in [0.1, 0.15) is 5.00 Å². The summed E-state index contributed by atoms with van der Waals surface area (Å²) in [5.41, 5.74) is 2.32. The number of furan rings is 1. The first-order chi connectivity index (χ1) is 14.2. The Hall–Kier alpha value is -1.93. The van der Waals surface area contributed by atoms with Crippen molar-refractivity contribution in [2.24, 2.45) is 0 Å². The summed E-state index contributed by atoms with van der Waals surface area (Å²) in [6.07, 6.45) is 2.44. The molecule has 0 saturated carbocycles. The van der Waals surface area contributed by atoms with E-state index in [4.69, 9.17) is 9.15 Å². The number of hydrogen-bond acceptors (Lipinski definition) is 5. The molecule has 1 aliphatic rings. The molecule has 0 aliphatic carbocycles. The normalized spacial score (nSPS) is 15.9. The van der Waals surface area contributed by atoms with Crippen LogP contribution < -0.4 is 5.32 Å². The molecule has 1 N–H and O–H groups in total. The monoisotopic (exact) mass is 474 g/mol. The second kappa shape index (κ2) is 9.26. The zero-order valence-electron chi connectivity index (χ0n) is 16.2. The number of hydrogen-bond donors (Lipinski definition) is 1. The van der Waals surface area contributed by atoms with Gasteiger partial charge in [0, 0.05) is 28.0 Å². The van der Waals surface area contributed by atoms with E-state index in [9.17, 15) is 4.79 Å². The molecule has 2 aromatic heterocycles. The Morgan fingerprint density at radius 3 is 2.66 bits per heavy atom. The summed E-state index contributed by atoms with van der Waals surface area (Å²) in [6, 6.07) is 14.1. The lowest BCUT2D eigenvalue weighted by Crippen LogP contribution is -2.39. The minimum atomic E-state index is -0.225. The summed E-state index contributed by atoms with van der Waals surface area (Å²) < 4.78 is 11.9. The molecule has 4 rings (SSSR count). The highest BCUT2D eigenvalue weighted by Gasteiger charge is 2.29. The molecular weight excluding hydrogens is 452 g/mol. The number of thiophene rings is 1. The van der Waals surface area contributed by atoms with E-state index < -0.39 is 0 Å². The lowest BCUT2D eigenvalue weighted by atomic mass is 9.97. The first-order valence-corrected chi connectivity index (χ1v) is 11.3.